The fourth-order valence-electron chi connectivity index (χ4n) is 1.91. The monoisotopic (exact) mass is 204 g/mol. The van der Waals surface area contributed by atoms with Gasteiger partial charge in [-0.1, -0.05) is 6.92 Å². The summed E-state index contributed by atoms with van der Waals surface area (Å²) in [6.45, 7) is 5.07. The molecule has 0 radical (unpaired) electrons. The van der Waals surface area contributed by atoms with Crippen LogP contribution < -0.4 is 5.32 Å². The Morgan fingerprint density at radius 1 is 1.67 bits per heavy atom. The first-order valence-electron chi connectivity index (χ1n) is 5.31. The van der Waals surface area contributed by atoms with E-state index in [4.69, 9.17) is 5.26 Å². The minimum Gasteiger partial charge on any atom is -0.369 e. The maximum absolute atomic E-state index is 9.00. The predicted molar refractivity (Wildman–Crippen MR) is 58.4 cm³/mol. The zero-order valence-corrected chi connectivity index (χ0v) is 9.41. The molecule has 0 aromatic carbocycles. The van der Waals surface area contributed by atoms with Crippen molar-refractivity contribution in [3.63, 3.8) is 0 Å². The summed E-state index contributed by atoms with van der Waals surface area (Å²) in [5.74, 6) is 2.46. The lowest BCUT2D eigenvalue weighted by Crippen LogP contribution is -2.09. The minimum absolute atomic E-state index is 0.672. The Bertz CT molecular complexity index is 413. The van der Waals surface area contributed by atoms with Gasteiger partial charge in [0, 0.05) is 13.6 Å². The molecular formula is C11H16N4. The van der Waals surface area contributed by atoms with Crippen LogP contribution in [0.5, 0.6) is 0 Å². The van der Waals surface area contributed by atoms with Gasteiger partial charge in [-0.3, -0.25) is 4.68 Å². The van der Waals surface area contributed by atoms with Crippen molar-refractivity contribution >= 4 is 5.82 Å². The summed E-state index contributed by atoms with van der Waals surface area (Å²) >= 11 is 0. The lowest BCUT2D eigenvalue weighted by atomic mass is 10.2. The third-order valence-corrected chi connectivity index (χ3v) is 3.14. The van der Waals surface area contributed by atoms with E-state index in [0.717, 1.165) is 29.9 Å². The number of aromatic nitrogens is 2. The molecule has 0 spiro atoms. The molecule has 1 aliphatic rings. The number of nitriles is 1. The highest BCUT2D eigenvalue weighted by atomic mass is 15.3. The first kappa shape index (κ1) is 10.0. The highest BCUT2D eigenvalue weighted by molar-refractivity contribution is 5.55. The molecule has 1 saturated carbocycles. The van der Waals surface area contributed by atoms with Gasteiger partial charge < -0.3 is 5.32 Å². The number of rotatable bonds is 3. The number of hydrogen-bond acceptors (Lipinski definition) is 3. The van der Waals surface area contributed by atoms with Crippen molar-refractivity contribution in [2.75, 3.05) is 11.9 Å². The van der Waals surface area contributed by atoms with Crippen LogP contribution in [0.4, 0.5) is 5.82 Å². The van der Waals surface area contributed by atoms with Crippen LogP contribution in [0.1, 0.15) is 24.6 Å². The standard InChI is InChI=1S/C11H16N4/c1-7-4-9(7)6-13-11-10(5-12)8(2)14-15(11)3/h7,9,13H,4,6H2,1-3H3. The van der Waals surface area contributed by atoms with E-state index in [9.17, 15) is 0 Å². The van der Waals surface area contributed by atoms with Gasteiger partial charge >= 0.3 is 0 Å². The predicted octanol–water partition coefficient (Wildman–Crippen LogP) is 1.67. The molecule has 1 aromatic rings. The number of aryl methyl sites for hydroxylation is 2. The first-order chi connectivity index (χ1) is 7.13. The number of nitrogens with one attached hydrogen (secondary N) is 1. The van der Waals surface area contributed by atoms with E-state index in [1.54, 1.807) is 4.68 Å². The van der Waals surface area contributed by atoms with E-state index >= 15 is 0 Å². The summed E-state index contributed by atoms with van der Waals surface area (Å²) in [5, 5.41) is 16.6. The Hall–Kier alpha value is -1.50. The van der Waals surface area contributed by atoms with Crippen molar-refractivity contribution in [3.8, 4) is 6.07 Å². The summed E-state index contributed by atoms with van der Waals surface area (Å²) in [4.78, 5) is 0. The third kappa shape index (κ3) is 1.82. The summed E-state index contributed by atoms with van der Waals surface area (Å²) in [6, 6.07) is 2.19. The topological polar surface area (TPSA) is 53.6 Å². The summed E-state index contributed by atoms with van der Waals surface area (Å²) in [6.07, 6.45) is 1.30. The highest BCUT2D eigenvalue weighted by Gasteiger charge is 2.32. The van der Waals surface area contributed by atoms with E-state index < -0.39 is 0 Å². The minimum atomic E-state index is 0.672. The van der Waals surface area contributed by atoms with E-state index in [0.29, 0.717) is 5.56 Å². The van der Waals surface area contributed by atoms with Crippen LogP contribution in [0.2, 0.25) is 0 Å². The lowest BCUT2D eigenvalue weighted by molar-refractivity contribution is 0.737. The largest absolute Gasteiger partial charge is 0.369 e. The zero-order valence-electron chi connectivity index (χ0n) is 9.41. The van der Waals surface area contributed by atoms with Crippen molar-refractivity contribution < 1.29 is 0 Å². The average molecular weight is 204 g/mol. The third-order valence-electron chi connectivity index (χ3n) is 3.14. The molecule has 2 unspecified atom stereocenters. The summed E-state index contributed by atoms with van der Waals surface area (Å²) in [5.41, 5.74) is 1.47. The Morgan fingerprint density at radius 2 is 2.33 bits per heavy atom. The van der Waals surface area contributed by atoms with Crippen LogP contribution in [-0.2, 0) is 7.05 Å². The molecule has 0 bridgehead atoms. The molecule has 2 atom stereocenters. The van der Waals surface area contributed by atoms with Crippen LogP contribution in [0.15, 0.2) is 0 Å². The van der Waals surface area contributed by atoms with Crippen molar-refractivity contribution in [3.05, 3.63) is 11.3 Å². The normalized spacial score (nSPS) is 23.6. The second-order valence-electron chi connectivity index (χ2n) is 4.40. The second kappa shape index (κ2) is 3.58. The zero-order chi connectivity index (χ0) is 11.0. The Morgan fingerprint density at radius 3 is 2.87 bits per heavy atom. The Kier molecular flexibility index (Phi) is 2.39. The van der Waals surface area contributed by atoms with Gasteiger partial charge in [0.25, 0.3) is 0 Å². The van der Waals surface area contributed by atoms with E-state index in [2.05, 4.69) is 23.4 Å². The second-order valence-corrected chi connectivity index (χ2v) is 4.40. The van der Waals surface area contributed by atoms with Crippen molar-refractivity contribution in [1.29, 1.82) is 5.26 Å². The molecule has 80 valence electrons. The molecule has 1 aromatic heterocycles. The van der Waals surface area contributed by atoms with Gasteiger partial charge in [-0.15, -0.1) is 0 Å². The number of nitrogens with zero attached hydrogens (tertiary/aromatic N) is 3. The first-order valence-corrected chi connectivity index (χ1v) is 5.31. The number of hydrogen-bond donors (Lipinski definition) is 1. The molecule has 1 N–H and O–H groups in total. The van der Waals surface area contributed by atoms with Crippen LogP contribution in [0, 0.1) is 30.1 Å². The van der Waals surface area contributed by atoms with E-state index in [1.807, 2.05) is 14.0 Å². The molecule has 2 rings (SSSR count). The molecule has 15 heavy (non-hydrogen) atoms. The van der Waals surface area contributed by atoms with Gasteiger partial charge in [-0.05, 0) is 25.2 Å². The SMILES string of the molecule is Cc1nn(C)c(NCC2CC2C)c1C#N. The van der Waals surface area contributed by atoms with Crippen LogP contribution >= 0.6 is 0 Å². The fraction of sp³-hybridized carbons (Fsp3) is 0.636. The summed E-state index contributed by atoms with van der Waals surface area (Å²) in [7, 11) is 1.87. The van der Waals surface area contributed by atoms with Crippen LogP contribution in [0.3, 0.4) is 0 Å². The molecule has 1 aliphatic carbocycles. The van der Waals surface area contributed by atoms with Gasteiger partial charge in [-0.2, -0.15) is 10.4 Å². The Balaban J connectivity index is 2.10. The van der Waals surface area contributed by atoms with E-state index in [-0.39, 0.29) is 0 Å². The maximum atomic E-state index is 9.00. The highest BCUT2D eigenvalue weighted by Crippen LogP contribution is 2.37. The molecule has 1 heterocycles. The van der Waals surface area contributed by atoms with Crippen LogP contribution in [-0.4, -0.2) is 16.3 Å². The molecule has 1 fully saturated rings. The van der Waals surface area contributed by atoms with Gasteiger partial charge in [0.05, 0.1) is 5.69 Å². The van der Waals surface area contributed by atoms with Crippen molar-refractivity contribution in [2.45, 2.75) is 20.3 Å². The van der Waals surface area contributed by atoms with Gasteiger partial charge in [0.2, 0.25) is 0 Å². The molecule has 4 nitrogen and oxygen atoms in total. The molecular weight excluding hydrogens is 188 g/mol. The molecule has 0 aliphatic heterocycles. The van der Waals surface area contributed by atoms with Gasteiger partial charge in [0.15, 0.2) is 0 Å². The fourth-order valence-corrected chi connectivity index (χ4v) is 1.91. The molecule has 0 saturated heterocycles. The molecule has 0 amide bonds. The number of anilines is 1. The maximum Gasteiger partial charge on any atom is 0.142 e. The Labute approximate surface area is 89.9 Å². The van der Waals surface area contributed by atoms with E-state index in [1.165, 1.54) is 6.42 Å². The van der Waals surface area contributed by atoms with Crippen molar-refractivity contribution in [1.82, 2.24) is 9.78 Å². The van der Waals surface area contributed by atoms with Gasteiger partial charge in [-0.25, -0.2) is 0 Å². The van der Waals surface area contributed by atoms with Crippen LogP contribution in [0.25, 0.3) is 0 Å². The average Bonchev–Trinajstić information content (AvgIpc) is 2.80. The lowest BCUT2D eigenvalue weighted by Gasteiger charge is -2.05. The smallest absolute Gasteiger partial charge is 0.142 e. The quantitative estimate of drug-likeness (QED) is 0.814. The molecule has 4 heteroatoms. The van der Waals surface area contributed by atoms with Crippen molar-refractivity contribution in [2.24, 2.45) is 18.9 Å². The summed E-state index contributed by atoms with van der Waals surface area (Å²) < 4.78 is 1.75. The van der Waals surface area contributed by atoms with Gasteiger partial charge in [0.1, 0.15) is 17.5 Å².